The number of carbonyl (C=O) groups excluding carboxylic acids is 1. The smallest absolute Gasteiger partial charge is 0.251 e. The first-order valence-electron chi connectivity index (χ1n) is 6.95. The second-order valence-corrected chi connectivity index (χ2v) is 6.33. The van der Waals surface area contributed by atoms with E-state index in [9.17, 15) is 4.79 Å². The van der Waals surface area contributed by atoms with Gasteiger partial charge in [-0.25, -0.2) is 0 Å². The topological polar surface area (TPSA) is 38.8 Å². The van der Waals surface area contributed by atoms with Gasteiger partial charge in [0.15, 0.2) is 0 Å². The van der Waals surface area contributed by atoms with E-state index in [4.69, 9.17) is 9.47 Å². The molecule has 1 saturated heterocycles. The van der Waals surface area contributed by atoms with E-state index in [1.807, 2.05) is 32.6 Å². The highest BCUT2D eigenvalue weighted by molar-refractivity contribution is 5.80. The summed E-state index contributed by atoms with van der Waals surface area (Å²) in [7, 11) is 0. The van der Waals surface area contributed by atoms with Crippen LogP contribution < -0.4 is 0 Å². The van der Waals surface area contributed by atoms with Crippen molar-refractivity contribution < 1.29 is 14.3 Å². The molecule has 2 rings (SSSR count). The minimum atomic E-state index is -0.327. The molecular weight excluding hydrogens is 230 g/mol. The Balaban J connectivity index is 1.86. The number of nitrogens with zero attached hydrogens (tertiary/aromatic N) is 1. The van der Waals surface area contributed by atoms with Gasteiger partial charge in [0, 0.05) is 13.1 Å². The quantitative estimate of drug-likeness (QED) is 0.769. The number of rotatable bonds is 4. The number of carbonyl (C=O) groups is 1. The third-order valence-electron chi connectivity index (χ3n) is 3.51. The molecule has 4 nitrogen and oxygen atoms in total. The van der Waals surface area contributed by atoms with E-state index in [0.717, 1.165) is 6.61 Å². The zero-order valence-corrected chi connectivity index (χ0v) is 11.9. The maximum absolute atomic E-state index is 12.3. The van der Waals surface area contributed by atoms with E-state index < -0.39 is 0 Å². The largest absolute Gasteiger partial charge is 0.369 e. The van der Waals surface area contributed by atoms with Gasteiger partial charge >= 0.3 is 0 Å². The summed E-state index contributed by atoms with van der Waals surface area (Å²) in [6, 6.07) is 0. The van der Waals surface area contributed by atoms with Crippen molar-refractivity contribution in [2.45, 2.75) is 58.3 Å². The molecule has 2 atom stereocenters. The SMILES string of the molecule is C[C@@H]1CN(C(=O)[C@H](C)OCC2CC2)CC(C)(C)O1. The van der Waals surface area contributed by atoms with Gasteiger partial charge in [0.1, 0.15) is 6.10 Å². The lowest BCUT2D eigenvalue weighted by molar-refractivity contribution is -0.167. The summed E-state index contributed by atoms with van der Waals surface area (Å²) in [6.07, 6.45) is 2.27. The molecule has 0 radical (unpaired) electrons. The van der Waals surface area contributed by atoms with Crippen molar-refractivity contribution in [3.63, 3.8) is 0 Å². The number of hydrogen-bond donors (Lipinski definition) is 0. The first-order chi connectivity index (χ1) is 8.37. The van der Waals surface area contributed by atoms with Gasteiger partial charge in [0.25, 0.3) is 5.91 Å². The number of amides is 1. The fourth-order valence-electron chi connectivity index (χ4n) is 2.51. The number of hydrogen-bond acceptors (Lipinski definition) is 3. The summed E-state index contributed by atoms with van der Waals surface area (Å²) >= 11 is 0. The van der Waals surface area contributed by atoms with Gasteiger partial charge in [-0.1, -0.05) is 0 Å². The average Bonchev–Trinajstić information content (AvgIpc) is 3.05. The second-order valence-electron chi connectivity index (χ2n) is 6.33. The van der Waals surface area contributed by atoms with Gasteiger partial charge in [-0.3, -0.25) is 4.79 Å². The Kier molecular flexibility index (Phi) is 3.97. The van der Waals surface area contributed by atoms with Crippen LogP contribution in [0.15, 0.2) is 0 Å². The molecule has 0 aromatic carbocycles. The molecule has 1 amide bonds. The first kappa shape index (κ1) is 13.8. The molecular formula is C14H25NO3. The second kappa shape index (κ2) is 5.17. The molecule has 1 heterocycles. The molecule has 0 spiro atoms. The molecule has 1 saturated carbocycles. The normalized spacial score (nSPS) is 29.1. The van der Waals surface area contributed by atoms with Gasteiger partial charge < -0.3 is 14.4 Å². The van der Waals surface area contributed by atoms with E-state index in [2.05, 4.69) is 0 Å². The maximum Gasteiger partial charge on any atom is 0.251 e. The molecule has 0 unspecified atom stereocenters. The van der Waals surface area contributed by atoms with Crippen molar-refractivity contribution in [2.24, 2.45) is 5.92 Å². The lowest BCUT2D eigenvalue weighted by Gasteiger charge is -2.42. The van der Waals surface area contributed by atoms with Crippen molar-refractivity contribution in [1.82, 2.24) is 4.90 Å². The van der Waals surface area contributed by atoms with Crippen LogP contribution in [0, 0.1) is 5.92 Å². The third kappa shape index (κ3) is 3.69. The molecule has 0 aromatic heterocycles. The summed E-state index contributed by atoms with van der Waals surface area (Å²) in [5.41, 5.74) is -0.260. The third-order valence-corrected chi connectivity index (χ3v) is 3.51. The highest BCUT2D eigenvalue weighted by atomic mass is 16.5. The Bertz CT molecular complexity index is 312. The van der Waals surface area contributed by atoms with Crippen LogP contribution in [0.5, 0.6) is 0 Å². The van der Waals surface area contributed by atoms with E-state index in [0.29, 0.717) is 19.0 Å². The zero-order valence-electron chi connectivity index (χ0n) is 11.9. The summed E-state index contributed by atoms with van der Waals surface area (Å²) in [4.78, 5) is 14.2. The Hall–Kier alpha value is -0.610. The predicted octanol–water partition coefficient (Wildman–Crippen LogP) is 1.83. The lowest BCUT2D eigenvalue weighted by Crippen LogP contribution is -2.55. The van der Waals surface area contributed by atoms with Crippen molar-refractivity contribution in [1.29, 1.82) is 0 Å². The highest BCUT2D eigenvalue weighted by Crippen LogP contribution is 2.29. The fourth-order valence-corrected chi connectivity index (χ4v) is 2.51. The van der Waals surface area contributed by atoms with Crippen molar-refractivity contribution in [2.75, 3.05) is 19.7 Å². The summed E-state index contributed by atoms with van der Waals surface area (Å²) in [6.45, 7) is 9.97. The van der Waals surface area contributed by atoms with Crippen molar-refractivity contribution in [3.8, 4) is 0 Å². The van der Waals surface area contributed by atoms with Gasteiger partial charge in [-0.05, 0) is 46.5 Å². The van der Waals surface area contributed by atoms with E-state index in [1.165, 1.54) is 12.8 Å². The van der Waals surface area contributed by atoms with Crippen LogP contribution in [0.1, 0.15) is 40.5 Å². The molecule has 0 N–H and O–H groups in total. The highest BCUT2D eigenvalue weighted by Gasteiger charge is 2.35. The van der Waals surface area contributed by atoms with Gasteiger partial charge in [0.2, 0.25) is 0 Å². The predicted molar refractivity (Wildman–Crippen MR) is 69.3 cm³/mol. The van der Waals surface area contributed by atoms with Crippen LogP contribution in [-0.2, 0) is 14.3 Å². The molecule has 2 aliphatic rings. The molecule has 0 aromatic rings. The Labute approximate surface area is 110 Å². The van der Waals surface area contributed by atoms with Crippen LogP contribution in [0.25, 0.3) is 0 Å². The van der Waals surface area contributed by atoms with Crippen LogP contribution >= 0.6 is 0 Å². The molecule has 104 valence electrons. The van der Waals surface area contributed by atoms with Crippen LogP contribution in [0.4, 0.5) is 0 Å². The summed E-state index contributed by atoms with van der Waals surface area (Å²) < 4.78 is 11.5. The fraction of sp³-hybridized carbons (Fsp3) is 0.929. The van der Waals surface area contributed by atoms with E-state index in [1.54, 1.807) is 0 Å². The van der Waals surface area contributed by atoms with Gasteiger partial charge in [0.05, 0.1) is 18.3 Å². The molecule has 1 aliphatic carbocycles. The van der Waals surface area contributed by atoms with Crippen molar-refractivity contribution in [3.05, 3.63) is 0 Å². The number of morpholine rings is 1. The van der Waals surface area contributed by atoms with E-state index in [-0.39, 0.29) is 23.7 Å². The Morgan fingerprint density at radius 3 is 2.72 bits per heavy atom. The van der Waals surface area contributed by atoms with Gasteiger partial charge in [-0.15, -0.1) is 0 Å². The summed E-state index contributed by atoms with van der Waals surface area (Å²) in [5.74, 6) is 0.791. The van der Waals surface area contributed by atoms with Crippen molar-refractivity contribution >= 4 is 5.91 Å². The zero-order chi connectivity index (χ0) is 13.3. The molecule has 1 aliphatic heterocycles. The monoisotopic (exact) mass is 255 g/mol. The Morgan fingerprint density at radius 1 is 1.50 bits per heavy atom. The number of ether oxygens (including phenoxy) is 2. The molecule has 4 heteroatoms. The molecule has 18 heavy (non-hydrogen) atoms. The van der Waals surface area contributed by atoms with Crippen LogP contribution in [-0.4, -0.2) is 48.3 Å². The first-order valence-corrected chi connectivity index (χ1v) is 6.95. The minimum Gasteiger partial charge on any atom is -0.369 e. The minimum absolute atomic E-state index is 0.0910. The van der Waals surface area contributed by atoms with Crippen LogP contribution in [0.3, 0.4) is 0 Å². The lowest BCUT2D eigenvalue weighted by atomic mass is 10.1. The van der Waals surface area contributed by atoms with Gasteiger partial charge in [-0.2, -0.15) is 0 Å². The van der Waals surface area contributed by atoms with Crippen LogP contribution in [0.2, 0.25) is 0 Å². The average molecular weight is 255 g/mol. The Morgan fingerprint density at radius 2 is 2.17 bits per heavy atom. The molecule has 2 fully saturated rings. The molecule has 0 bridgehead atoms. The standard InChI is InChI=1S/C14H25NO3/c1-10-7-15(9-14(3,4)18-10)13(16)11(2)17-8-12-5-6-12/h10-12H,5-9H2,1-4H3/t10-,11+/m1/s1. The maximum atomic E-state index is 12.3. The van der Waals surface area contributed by atoms with E-state index >= 15 is 0 Å². The summed E-state index contributed by atoms with van der Waals surface area (Å²) in [5, 5.41) is 0.